The van der Waals surface area contributed by atoms with E-state index < -0.39 is 0 Å². The van der Waals surface area contributed by atoms with Crippen LogP contribution in [0.15, 0.2) is 79.0 Å². The lowest BCUT2D eigenvalue weighted by Crippen LogP contribution is -1.92. The monoisotopic (exact) mass is 392 g/mol. The van der Waals surface area contributed by atoms with Crippen molar-refractivity contribution >= 4 is 21.8 Å². The summed E-state index contributed by atoms with van der Waals surface area (Å²) in [5, 5.41) is 13.9. The standard InChI is InChI=1S/C26H20N2O2/c1-16-25(29)24(23-7-4-12-27-26(23)28-16)21-6-3-5-17(14-21)18-8-9-20-15-22(30-2)11-10-19(20)13-18/h3-15,29H,1-2H3. The maximum atomic E-state index is 10.8. The highest BCUT2D eigenvalue weighted by Crippen LogP contribution is 2.38. The maximum Gasteiger partial charge on any atom is 0.160 e. The third-order valence-corrected chi connectivity index (χ3v) is 5.44. The van der Waals surface area contributed by atoms with Gasteiger partial charge in [-0.25, -0.2) is 9.97 Å². The van der Waals surface area contributed by atoms with Gasteiger partial charge in [-0.05, 0) is 70.8 Å². The van der Waals surface area contributed by atoms with Crippen LogP contribution < -0.4 is 4.74 Å². The quantitative estimate of drug-likeness (QED) is 0.401. The average molecular weight is 392 g/mol. The van der Waals surface area contributed by atoms with Gasteiger partial charge in [-0.3, -0.25) is 0 Å². The second-order valence-corrected chi connectivity index (χ2v) is 7.30. The predicted octanol–water partition coefficient (Wildman–Crippen LogP) is 6.14. The van der Waals surface area contributed by atoms with Crippen LogP contribution in [-0.4, -0.2) is 22.2 Å². The molecule has 4 nitrogen and oxygen atoms in total. The van der Waals surface area contributed by atoms with Gasteiger partial charge in [-0.15, -0.1) is 0 Å². The molecule has 5 aromatic rings. The number of hydrogen-bond acceptors (Lipinski definition) is 4. The number of methoxy groups -OCH3 is 1. The fourth-order valence-electron chi connectivity index (χ4n) is 3.88. The van der Waals surface area contributed by atoms with Crippen LogP contribution >= 0.6 is 0 Å². The van der Waals surface area contributed by atoms with Gasteiger partial charge in [0.1, 0.15) is 11.5 Å². The number of fused-ring (bicyclic) bond motifs is 2. The van der Waals surface area contributed by atoms with Crippen LogP contribution in [0.25, 0.3) is 44.1 Å². The Balaban J connectivity index is 1.66. The number of rotatable bonds is 3. The molecule has 0 atom stereocenters. The van der Waals surface area contributed by atoms with Gasteiger partial charge in [0.25, 0.3) is 0 Å². The number of aromatic nitrogens is 2. The molecule has 2 heterocycles. The number of aryl methyl sites for hydroxylation is 1. The van der Waals surface area contributed by atoms with Crippen LogP contribution in [0, 0.1) is 6.92 Å². The van der Waals surface area contributed by atoms with Crippen molar-refractivity contribution in [3.63, 3.8) is 0 Å². The second kappa shape index (κ2) is 7.16. The molecule has 0 bridgehead atoms. The van der Waals surface area contributed by atoms with Crippen molar-refractivity contribution in [2.24, 2.45) is 0 Å². The van der Waals surface area contributed by atoms with Gasteiger partial charge in [-0.2, -0.15) is 0 Å². The van der Waals surface area contributed by atoms with Gasteiger partial charge >= 0.3 is 0 Å². The van der Waals surface area contributed by atoms with Crippen LogP contribution in [-0.2, 0) is 0 Å². The SMILES string of the molecule is COc1ccc2cc(-c3cccc(-c4c(O)c(C)nc5ncccc45)c3)ccc2c1. The highest BCUT2D eigenvalue weighted by Gasteiger charge is 2.15. The van der Waals surface area contributed by atoms with E-state index in [1.807, 2.05) is 36.4 Å². The number of aromatic hydroxyl groups is 1. The maximum absolute atomic E-state index is 10.8. The minimum Gasteiger partial charge on any atom is -0.505 e. The van der Waals surface area contributed by atoms with Crippen molar-refractivity contribution < 1.29 is 9.84 Å². The minimum atomic E-state index is 0.193. The van der Waals surface area contributed by atoms with E-state index >= 15 is 0 Å². The zero-order chi connectivity index (χ0) is 20.7. The molecule has 4 heteroatoms. The van der Waals surface area contributed by atoms with Gasteiger partial charge in [0.15, 0.2) is 5.65 Å². The van der Waals surface area contributed by atoms with Crippen LogP contribution in [0.3, 0.4) is 0 Å². The summed E-state index contributed by atoms with van der Waals surface area (Å²) in [6.45, 7) is 1.80. The Morgan fingerprint density at radius 3 is 2.43 bits per heavy atom. The predicted molar refractivity (Wildman–Crippen MR) is 121 cm³/mol. The smallest absolute Gasteiger partial charge is 0.160 e. The lowest BCUT2D eigenvalue weighted by atomic mass is 9.95. The summed E-state index contributed by atoms with van der Waals surface area (Å²) in [5.74, 6) is 1.04. The van der Waals surface area contributed by atoms with Crippen molar-refractivity contribution in [2.75, 3.05) is 7.11 Å². The molecule has 0 saturated carbocycles. The summed E-state index contributed by atoms with van der Waals surface area (Å²) in [6, 6.07) is 24.5. The van der Waals surface area contributed by atoms with E-state index in [1.165, 1.54) is 0 Å². The summed E-state index contributed by atoms with van der Waals surface area (Å²) in [4.78, 5) is 8.78. The molecule has 0 saturated heterocycles. The molecule has 0 unspecified atom stereocenters. The van der Waals surface area contributed by atoms with Crippen LogP contribution in [0.5, 0.6) is 11.5 Å². The van der Waals surface area contributed by atoms with E-state index in [-0.39, 0.29) is 5.75 Å². The molecule has 3 aromatic carbocycles. The molecule has 0 spiro atoms. The highest BCUT2D eigenvalue weighted by atomic mass is 16.5. The summed E-state index contributed by atoms with van der Waals surface area (Å²) in [6.07, 6.45) is 1.72. The van der Waals surface area contributed by atoms with E-state index in [1.54, 1.807) is 20.2 Å². The van der Waals surface area contributed by atoms with E-state index in [9.17, 15) is 5.11 Å². The molecule has 0 aliphatic rings. The zero-order valence-electron chi connectivity index (χ0n) is 16.8. The first kappa shape index (κ1) is 18.1. The number of benzene rings is 3. The van der Waals surface area contributed by atoms with Gasteiger partial charge in [-0.1, -0.05) is 36.4 Å². The van der Waals surface area contributed by atoms with E-state index in [0.717, 1.165) is 44.2 Å². The molecular weight excluding hydrogens is 372 g/mol. The molecule has 0 radical (unpaired) electrons. The van der Waals surface area contributed by atoms with Gasteiger partial charge in [0, 0.05) is 17.1 Å². The average Bonchev–Trinajstić information content (AvgIpc) is 2.79. The molecular formula is C26H20N2O2. The van der Waals surface area contributed by atoms with Crippen molar-refractivity contribution in [2.45, 2.75) is 6.92 Å². The molecule has 0 aliphatic carbocycles. The fraction of sp³-hybridized carbons (Fsp3) is 0.0769. The van der Waals surface area contributed by atoms with Crippen molar-refractivity contribution in [1.82, 2.24) is 9.97 Å². The van der Waals surface area contributed by atoms with Crippen molar-refractivity contribution in [3.05, 3.63) is 84.7 Å². The molecule has 146 valence electrons. The Hall–Kier alpha value is -3.92. The Labute approximate surface area is 174 Å². The first-order valence-corrected chi connectivity index (χ1v) is 9.77. The molecule has 0 amide bonds. The second-order valence-electron chi connectivity index (χ2n) is 7.30. The molecule has 0 aliphatic heterocycles. The van der Waals surface area contributed by atoms with Gasteiger partial charge in [0.2, 0.25) is 0 Å². The minimum absolute atomic E-state index is 0.193. The summed E-state index contributed by atoms with van der Waals surface area (Å²) >= 11 is 0. The van der Waals surface area contributed by atoms with Crippen LogP contribution in [0.1, 0.15) is 5.69 Å². The molecule has 5 rings (SSSR count). The van der Waals surface area contributed by atoms with Crippen molar-refractivity contribution in [3.8, 4) is 33.8 Å². The number of hydrogen-bond donors (Lipinski definition) is 1. The normalized spacial score (nSPS) is 11.1. The van der Waals surface area contributed by atoms with Crippen molar-refractivity contribution in [1.29, 1.82) is 0 Å². The van der Waals surface area contributed by atoms with Crippen LogP contribution in [0.2, 0.25) is 0 Å². The largest absolute Gasteiger partial charge is 0.505 e. The van der Waals surface area contributed by atoms with Crippen LogP contribution in [0.4, 0.5) is 0 Å². The third kappa shape index (κ3) is 3.03. The molecule has 0 fully saturated rings. The number of pyridine rings is 2. The first-order valence-electron chi connectivity index (χ1n) is 9.77. The third-order valence-electron chi connectivity index (χ3n) is 5.44. The number of nitrogens with zero attached hydrogens (tertiary/aromatic N) is 2. The summed E-state index contributed by atoms with van der Waals surface area (Å²) < 4.78 is 5.32. The lowest BCUT2D eigenvalue weighted by molar-refractivity contribution is 0.415. The Morgan fingerprint density at radius 1 is 0.800 bits per heavy atom. The molecule has 1 N–H and O–H groups in total. The van der Waals surface area contributed by atoms with E-state index in [4.69, 9.17) is 4.74 Å². The lowest BCUT2D eigenvalue weighted by Gasteiger charge is -2.12. The zero-order valence-corrected chi connectivity index (χ0v) is 16.8. The topological polar surface area (TPSA) is 55.2 Å². The first-order chi connectivity index (χ1) is 14.6. The van der Waals surface area contributed by atoms with E-state index in [0.29, 0.717) is 11.3 Å². The molecule has 2 aromatic heterocycles. The summed E-state index contributed by atoms with van der Waals surface area (Å²) in [7, 11) is 1.68. The Kier molecular flexibility index (Phi) is 4.32. The Bertz CT molecular complexity index is 1410. The van der Waals surface area contributed by atoms with Gasteiger partial charge in [0.05, 0.1) is 12.8 Å². The Morgan fingerprint density at radius 2 is 1.57 bits per heavy atom. The fourth-order valence-corrected chi connectivity index (χ4v) is 3.88. The highest BCUT2D eigenvalue weighted by molar-refractivity contribution is 5.97. The van der Waals surface area contributed by atoms with Gasteiger partial charge < -0.3 is 9.84 Å². The van der Waals surface area contributed by atoms with E-state index in [2.05, 4.69) is 46.4 Å². The number of ether oxygens (including phenoxy) is 1. The molecule has 30 heavy (non-hydrogen) atoms. The summed E-state index contributed by atoms with van der Waals surface area (Å²) in [5.41, 5.74) is 5.09.